The lowest BCUT2D eigenvalue weighted by atomic mass is 10.1. The minimum atomic E-state index is -2.25. The molecule has 0 radical (unpaired) electrons. The van der Waals surface area contributed by atoms with Gasteiger partial charge >= 0.3 is 0 Å². The molecule has 0 aromatic rings. The fraction of sp³-hybridized carbons (Fsp3) is 1.00. The van der Waals surface area contributed by atoms with Crippen LogP contribution in [-0.2, 0) is 0 Å². The molecule has 0 saturated carbocycles. The van der Waals surface area contributed by atoms with Crippen LogP contribution in [0.25, 0.3) is 0 Å². The molecule has 2 N–H and O–H groups in total. The van der Waals surface area contributed by atoms with Crippen LogP contribution in [0.1, 0.15) is 12.8 Å². The Morgan fingerprint density at radius 3 is 2.42 bits per heavy atom. The van der Waals surface area contributed by atoms with Gasteiger partial charge in [-0.05, 0) is 25.9 Å². The van der Waals surface area contributed by atoms with E-state index in [9.17, 15) is 8.78 Å². The molecule has 1 aliphatic rings. The summed E-state index contributed by atoms with van der Waals surface area (Å²) in [7, 11) is 0. The van der Waals surface area contributed by atoms with Gasteiger partial charge in [-0.15, -0.1) is 0 Å². The number of hydrogen-bond acceptors (Lipinski definition) is 3. The van der Waals surface area contributed by atoms with Gasteiger partial charge in [0.25, 0.3) is 6.43 Å². The van der Waals surface area contributed by atoms with Crippen LogP contribution in [0.4, 0.5) is 8.78 Å². The molecule has 0 bridgehead atoms. The summed E-state index contributed by atoms with van der Waals surface area (Å²) in [5.74, 6) is 0. The van der Waals surface area contributed by atoms with Crippen molar-refractivity contribution in [3.63, 3.8) is 0 Å². The lowest BCUT2D eigenvalue weighted by molar-refractivity contribution is 0.0480. The predicted molar refractivity (Wildman–Crippen MR) is 40.4 cm³/mol. The first-order valence-corrected chi connectivity index (χ1v) is 4.12. The lowest BCUT2D eigenvalue weighted by Gasteiger charge is -2.30. The van der Waals surface area contributed by atoms with Crippen molar-refractivity contribution in [2.24, 2.45) is 0 Å². The van der Waals surface area contributed by atoms with Crippen molar-refractivity contribution in [1.82, 2.24) is 10.4 Å². The number of piperidine rings is 1. The molecular formula is C7H14F2N2O. The highest BCUT2D eigenvalue weighted by molar-refractivity contribution is 4.74. The Kier molecular flexibility index (Phi) is 3.84. The molecule has 0 amide bonds. The zero-order valence-electron chi connectivity index (χ0n) is 6.84. The van der Waals surface area contributed by atoms with Gasteiger partial charge in [-0.25, -0.2) is 14.3 Å². The second-order valence-electron chi connectivity index (χ2n) is 3.10. The standard InChI is InChI=1S/C7H14F2N2O/c8-7(9)5-11-3-1-6(10-12)2-4-11/h6-7,10,12H,1-5H2. The minimum Gasteiger partial charge on any atom is -0.317 e. The maximum atomic E-state index is 11.9. The van der Waals surface area contributed by atoms with E-state index in [2.05, 4.69) is 5.48 Å². The fourth-order valence-corrected chi connectivity index (χ4v) is 1.44. The third kappa shape index (κ3) is 3.00. The Hall–Kier alpha value is -0.260. The van der Waals surface area contributed by atoms with E-state index in [-0.39, 0.29) is 12.6 Å². The molecule has 0 spiro atoms. The van der Waals surface area contributed by atoms with Crippen molar-refractivity contribution in [2.75, 3.05) is 19.6 Å². The molecule has 0 aromatic carbocycles. The maximum Gasteiger partial charge on any atom is 0.251 e. The van der Waals surface area contributed by atoms with E-state index in [1.165, 1.54) is 0 Å². The zero-order chi connectivity index (χ0) is 8.97. The number of alkyl halides is 2. The molecular weight excluding hydrogens is 166 g/mol. The molecule has 0 aromatic heterocycles. The zero-order valence-corrected chi connectivity index (χ0v) is 6.84. The van der Waals surface area contributed by atoms with Gasteiger partial charge in [0, 0.05) is 6.04 Å². The Labute approximate surface area is 70.3 Å². The normalized spacial score (nSPS) is 22.0. The number of likely N-dealkylation sites (tertiary alicyclic amines) is 1. The summed E-state index contributed by atoms with van der Waals surface area (Å²) >= 11 is 0. The predicted octanol–water partition coefficient (Wildman–Crippen LogP) is 0.695. The largest absolute Gasteiger partial charge is 0.317 e. The molecule has 1 fully saturated rings. The summed E-state index contributed by atoms with van der Waals surface area (Å²) in [4.78, 5) is 1.72. The minimum absolute atomic E-state index is 0.0823. The second-order valence-corrected chi connectivity index (χ2v) is 3.10. The van der Waals surface area contributed by atoms with Gasteiger partial charge in [0.15, 0.2) is 0 Å². The van der Waals surface area contributed by atoms with E-state index < -0.39 is 6.43 Å². The Morgan fingerprint density at radius 1 is 1.42 bits per heavy atom. The molecule has 72 valence electrons. The van der Waals surface area contributed by atoms with Gasteiger partial charge in [0.05, 0.1) is 6.54 Å². The maximum absolute atomic E-state index is 11.9. The first-order valence-electron chi connectivity index (χ1n) is 4.12. The number of nitrogens with zero attached hydrogens (tertiary/aromatic N) is 1. The smallest absolute Gasteiger partial charge is 0.251 e. The van der Waals surface area contributed by atoms with Crippen molar-refractivity contribution >= 4 is 0 Å². The summed E-state index contributed by atoms with van der Waals surface area (Å²) < 4.78 is 23.8. The molecule has 12 heavy (non-hydrogen) atoms. The van der Waals surface area contributed by atoms with Gasteiger partial charge in [0.2, 0.25) is 0 Å². The average molecular weight is 180 g/mol. The van der Waals surface area contributed by atoms with E-state index in [0.29, 0.717) is 13.1 Å². The topological polar surface area (TPSA) is 35.5 Å². The molecule has 1 rings (SSSR count). The first kappa shape index (κ1) is 9.83. The summed E-state index contributed by atoms with van der Waals surface area (Å²) in [6.07, 6.45) is -0.768. The van der Waals surface area contributed by atoms with Crippen molar-refractivity contribution in [3.8, 4) is 0 Å². The van der Waals surface area contributed by atoms with Gasteiger partial charge < -0.3 is 5.21 Å². The molecule has 0 aliphatic carbocycles. The van der Waals surface area contributed by atoms with Crippen molar-refractivity contribution < 1.29 is 14.0 Å². The van der Waals surface area contributed by atoms with Crippen LogP contribution in [0.15, 0.2) is 0 Å². The summed E-state index contributed by atoms with van der Waals surface area (Å²) in [6.45, 7) is 1.14. The summed E-state index contributed by atoms with van der Waals surface area (Å²) in [5, 5.41) is 8.54. The van der Waals surface area contributed by atoms with E-state index in [0.717, 1.165) is 12.8 Å². The lowest BCUT2D eigenvalue weighted by Crippen LogP contribution is -2.42. The van der Waals surface area contributed by atoms with Crippen LogP contribution < -0.4 is 5.48 Å². The average Bonchev–Trinajstić information content (AvgIpc) is 2.05. The van der Waals surface area contributed by atoms with Gasteiger partial charge in [-0.3, -0.25) is 4.90 Å². The van der Waals surface area contributed by atoms with Crippen molar-refractivity contribution in [3.05, 3.63) is 0 Å². The van der Waals surface area contributed by atoms with Gasteiger partial charge in [-0.2, -0.15) is 0 Å². The third-order valence-electron chi connectivity index (χ3n) is 2.17. The quantitative estimate of drug-likeness (QED) is 0.627. The van der Waals surface area contributed by atoms with Crippen LogP contribution in [-0.4, -0.2) is 42.2 Å². The van der Waals surface area contributed by atoms with Crippen LogP contribution >= 0.6 is 0 Å². The van der Waals surface area contributed by atoms with E-state index in [1.54, 1.807) is 4.90 Å². The van der Waals surface area contributed by atoms with Crippen molar-refractivity contribution in [2.45, 2.75) is 25.3 Å². The number of halogens is 2. The molecule has 1 saturated heterocycles. The second kappa shape index (κ2) is 4.69. The van der Waals surface area contributed by atoms with Crippen LogP contribution in [0.3, 0.4) is 0 Å². The first-order chi connectivity index (χ1) is 5.72. The number of hydroxylamine groups is 1. The number of nitrogens with one attached hydrogen (secondary N) is 1. The third-order valence-corrected chi connectivity index (χ3v) is 2.17. The van der Waals surface area contributed by atoms with E-state index in [1.807, 2.05) is 0 Å². The highest BCUT2D eigenvalue weighted by atomic mass is 19.3. The molecule has 0 atom stereocenters. The Bertz CT molecular complexity index is 127. The van der Waals surface area contributed by atoms with E-state index in [4.69, 9.17) is 5.21 Å². The number of hydrogen-bond donors (Lipinski definition) is 2. The molecule has 3 nitrogen and oxygen atoms in total. The van der Waals surface area contributed by atoms with Crippen LogP contribution in [0.5, 0.6) is 0 Å². The monoisotopic (exact) mass is 180 g/mol. The summed E-state index contributed by atoms with van der Waals surface area (Å²) in [5.41, 5.74) is 2.16. The number of rotatable bonds is 3. The van der Waals surface area contributed by atoms with E-state index >= 15 is 0 Å². The highest BCUT2D eigenvalue weighted by Gasteiger charge is 2.20. The molecule has 5 heteroatoms. The van der Waals surface area contributed by atoms with Crippen LogP contribution in [0.2, 0.25) is 0 Å². The van der Waals surface area contributed by atoms with Crippen LogP contribution in [0, 0.1) is 0 Å². The highest BCUT2D eigenvalue weighted by Crippen LogP contribution is 2.10. The molecule has 1 aliphatic heterocycles. The molecule has 1 heterocycles. The Balaban J connectivity index is 2.17. The van der Waals surface area contributed by atoms with Crippen molar-refractivity contribution in [1.29, 1.82) is 0 Å². The Morgan fingerprint density at radius 2 is 2.00 bits per heavy atom. The van der Waals surface area contributed by atoms with Gasteiger partial charge in [0.1, 0.15) is 0 Å². The molecule has 0 unspecified atom stereocenters. The van der Waals surface area contributed by atoms with Gasteiger partial charge in [-0.1, -0.05) is 0 Å². The summed E-state index contributed by atoms with van der Waals surface area (Å²) in [6, 6.07) is 0.0823. The fourth-order valence-electron chi connectivity index (χ4n) is 1.44. The SMILES string of the molecule is ONC1CCN(CC(F)F)CC1.